The number of carbonyl (C=O) groups excluding carboxylic acids is 1. The van der Waals surface area contributed by atoms with Crippen molar-refractivity contribution in [2.45, 2.75) is 24.3 Å². The molecule has 0 aliphatic carbocycles. The maximum Gasteiger partial charge on any atom is 0.460 e. The van der Waals surface area contributed by atoms with E-state index in [0.717, 1.165) is 0 Å². The second-order valence-corrected chi connectivity index (χ2v) is 4.05. The zero-order chi connectivity index (χ0) is 16.2. The largest absolute Gasteiger partial charge is 0.460 e. The van der Waals surface area contributed by atoms with Crippen LogP contribution in [0.3, 0.4) is 0 Å². The van der Waals surface area contributed by atoms with Crippen molar-refractivity contribution >= 4 is 11.7 Å². The number of halogens is 7. The minimum Gasteiger partial charge on any atom is -0.336 e. The molecule has 21 heavy (non-hydrogen) atoms. The molecule has 0 saturated heterocycles. The standard InChI is InChI=1S/C8H6F7N5O/c9-6(10,7(11,12)8(13,14)15)4-17-1-2(18-4)19-5(16)20-3(1)21/h5,19H,16H2,(H,17,18)(H,20,21). The average Bonchev–Trinajstić information content (AvgIpc) is 2.71. The summed E-state index contributed by atoms with van der Waals surface area (Å²) in [6, 6.07) is 0. The number of amides is 1. The Labute approximate surface area is 110 Å². The summed E-state index contributed by atoms with van der Waals surface area (Å²) < 4.78 is 88.6. The van der Waals surface area contributed by atoms with Crippen molar-refractivity contribution in [1.29, 1.82) is 0 Å². The van der Waals surface area contributed by atoms with Crippen LogP contribution in [0.1, 0.15) is 16.3 Å². The van der Waals surface area contributed by atoms with Crippen LogP contribution < -0.4 is 16.4 Å². The predicted molar refractivity (Wildman–Crippen MR) is 52.5 cm³/mol. The molecular weight excluding hydrogens is 315 g/mol. The summed E-state index contributed by atoms with van der Waals surface area (Å²) >= 11 is 0. The van der Waals surface area contributed by atoms with Gasteiger partial charge in [-0.3, -0.25) is 10.5 Å². The van der Waals surface area contributed by atoms with E-state index in [0.29, 0.717) is 0 Å². The lowest BCUT2D eigenvalue weighted by Crippen LogP contribution is -2.50. The van der Waals surface area contributed by atoms with E-state index in [4.69, 9.17) is 5.73 Å². The lowest BCUT2D eigenvalue weighted by molar-refractivity contribution is -0.361. The molecule has 2 heterocycles. The van der Waals surface area contributed by atoms with Crippen LogP contribution in [-0.2, 0) is 5.92 Å². The normalized spacial score (nSPS) is 19.8. The monoisotopic (exact) mass is 321 g/mol. The Morgan fingerprint density at radius 1 is 1.05 bits per heavy atom. The SMILES string of the molecule is NC1NC(=O)c2[nH]c(C(F)(F)C(F)(F)C(F)(F)F)nc2N1. The number of aromatic amines is 1. The molecule has 5 N–H and O–H groups in total. The number of anilines is 1. The second kappa shape index (κ2) is 4.22. The van der Waals surface area contributed by atoms with Gasteiger partial charge in [-0.1, -0.05) is 0 Å². The van der Waals surface area contributed by atoms with Crippen molar-refractivity contribution in [1.82, 2.24) is 15.3 Å². The number of carbonyl (C=O) groups is 1. The van der Waals surface area contributed by atoms with Gasteiger partial charge < -0.3 is 15.6 Å². The van der Waals surface area contributed by atoms with Crippen LogP contribution in [-0.4, -0.2) is 34.3 Å². The highest BCUT2D eigenvalue weighted by atomic mass is 19.4. The Morgan fingerprint density at radius 2 is 1.62 bits per heavy atom. The first-order valence-electron chi connectivity index (χ1n) is 5.13. The molecule has 1 aromatic heterocycles. The molecule has 1 atom stereocenters. The quantitative estimate of drug-likeness (QED) is 0.613. The summed E-state index contributed by atoms with van der Waals surface area (Å²) in [5.41, 5.74) is 4.47. The first-order valence-corrected chi connectivity index (χ1v) is 5.13. The fourth-order valence-electron chi connectivity index (χ4n) is 1.51. The van der Waals surface area contributed by atoms with Crippen molar-refractivity contribution < 1.29 is 35.5 Å². The third-order valence-electron chi connectivity index (χ3n) is 2.56. The molecule has 2 rings (SSSR count). The van der Waals surface area contributed by atoms with E-state index < -0.39 is 47.6 Å². The third-order valence-corrected chi connectivity index (χ3v) is 2.56. The first-order chi connectivity index (χ1) is 9.38. The van der Waals surface area contributed by atoms with E-state index in [1.54, 1.807) is 0 Å². The van der Waals surface area contributed by atoms with Crippen LogP contribution in [0.5, 0.6) is 0 Å². The Morgan fingerprint density at radius 3 is 2.14 bits per heavy atom. The average molecular weight is 321 g/mol. The van der Waals surface area contributed by atoms with Crippen LogP contribution in [0, 0.1) is 0 Å². The van der Waals surface area contributed by atoms with Crippen LogP contribution in [0.15, 0.2) is 0 Å². The van der Waals surface area contributed by atoms with Gasteiger partial charge in [0.05, 0.1) is 0 Å². The van der Waals surface area contributed by atoms with Crippen molar-refractivity contribution in [3.05, 3.63) is 11.5 Å². The number of hydrogen-bond acceptors (Lipinski definition) is 4. The number of H-pyrrole nitrogens is 1. The molecular formula is C8H6F7N5O. The summed E-state index contributed by atoms with van der Waals surface area (Å²) in [5.74, 6) is -15.8. The number of nitrogens with one attached hydrogen (secondary N) is 3. The van der Waals surface area contributed by atoms with Crippen molar-refractivity contribution in [3.8, 4) is 0 Å². The molecule has 1 aromatic rings. The number of nitrogens with two attached hydrogens (primary N) is 1. The Balaban J connectivity index is 2.48. The van der Waals surface area contributed by atoms with Gasteiger partial charge in [-0.2, -0.15) is 30.7 Å². The minimum atomic E-state index is -6.50. The van der Waals surface area contributed by atoms with Gasteiger partial charge in [-0.15, -0.1) is 0 Å². The van der Waals surface area contributed by atoms with Crippen molar-refractivity contribution in [3.63, 3.8) is 0 Å². The highest BCUT2D eigenvalue weighted by Crippen LogP contribution is 2.51. The van der Waals surface area contributed by atoms with Crippen molar-refractivity contribution in [2.75, 3.05) is 5.32 Å². The summed E-state index contributed by atoms with van der Waals surface area (Å²) in [5, 5.41) is 4.09. The van der Waals surface area contributed by atoms with Crippen LogP contribution in [0.2, 0.25) is 0 Å². The van der Waals surface area contributed by atoms with E-state index in [1.807, 2.05) is 5.32 Å². The maximum atomic E-state index is 13.4. The molecule has 1 unspecified atom stereocenters. The summed E-state index contributed by atoms with van der Waals surface area (Å²) in [6.07, 6.45) is -7.76. The molecule has 0 aromatic carbocycles. The number of imidazole rings is 1. The highest BCUT2D eigenvalue weighted by molar-refractivity contribution is 5.99. The molecule has 1 aliphatic heterocycles. The van der Waals surface area contributed by atoms with Crippen LogP contribution >= 0.6 is 0 Å². The number of hydrogen-bond donors (Lipinski definition) is 4. The Bertz CT molecular complexity index is 580. The number of aromatic nitrogens is 2. The number of nitrogens with zero attached hydrogens (tertiary/aromatic N) is 1. The van der Waals surface area contributed by atoms with Gasteiger partial charge in [-0.05, 0) is 0 Å². The Hall–Kier alpha value is -2.05. The van der Waals surface area contributed by atoms with Crippen LogP contribution in [0.25, 0.3) is 0 Å². The number of rotatable bonds is 2. The molecule has 0 saturated carbocycles. The third kappa shape index (κ3) is 2.16. The van der Waals surface area contributed by atoms with Gasteiger partial charge in [0.2, 0.25) is 0 Å². The van der Waals surface area contributed by atoms with Crippen molar-refractivity contribution in [2.24, 2.45) is 5.73 Å². The number of alkyl halides is 7. The van der Waals surface area contributed by atoms with Crippen LogP contribution in [0.4, 0.5) is 36.6 Å². The fourth-order valence-corrected chi connectivity index (χ4v) is 1.51. The summed E-state index contributed by atoms with van der Waals surface area (Å²) in [4.78, 5) is 15.6. The van der Waals surface area contributed by atoms with Gasteiger partial charge in [0.1, 0.15) is 5.69 Å². The van der Waals surface area contributed by atoms with E-state index in [1.165, 1.54) is 4.98 Å². The predicted octanol–water partition coefficient (Wildman–Crippen LogP) is 1.10. The summed E-state index contributed by atoms with van der Waals surface area (Å²) in [6.45, 7) is 0. The molecule has 6 nitrogen and oxygen atoms in total. The lowest BCUT2D eigenvalue weighted by atomic mass is 10.1. The molecule has 0 fully saturated rings. The zero-order valence-electron chi connectivity index (χ0n) is 9.66. The molecule has 118 valence electrons. The van der Waals surface area contributed by atoms with E-state index >= 15 is 0 Å². The molecule has 0 bridgehead atoms. The topological polar surface area (TPSA) is 95.8 Å². The van der Waals surface area contributed by atoms with Gasteiger partial charge in [-0.25, -0.2) is 4.98 Å². The Kier molecular flexibility index (Phi) is 3.08. The van der Waals surface area contributed by atoms with Gasteiger partial charge in [0.25, 0.3) is 5.91 Å². The molecule has 1 aliphatic rings. The minimum absolute atomic E-state index is 0.654. The smallest absolute Gasteiger partial charge is 0.336 e. The van der Waals surface area contributed by atoms with E-state index in [9.17, 15) is 35.5 Å². The van der Waals surface area contributed by atoms with E-state index in [-0.39, 0.29) is 0 Å². The lowest BCUT2D eigenvalue weighted by Gasteiger charge is -2.26. The van der Waals surface area contributed by atoms with Gasteiger partial charge >= 0.3 is 18.0 Å². The molecule has 0 radical (unpaired) electrons. The van der Waals surface area contributed by atoms with E-state index in [2.05, 4.69) is 10.3 Å². The first kappa shape index (κ1) is 15.3. The van der Waals surface area contributed by atoms with Gasteiger partial charge in [0, 0.05) is 0 Å². The summed E-state index contributed by atoms with van der Waals surface area (Å²) in [7, 11) is 0. The number of fused-ring (bicyclic) bond motifs is 1. The molecule has 13 heteroatoms. The second-order valence-electron chi connectivity index (χ2n) is 4.05. The van der Waals surface area contributed by atoms with Gasteiger partial charge in [0.15, 0.2) is 17.9 Å². The maximum absolute atomic E-state index is 13.4. The zero-order valence-corrected chi connectivity index (χ0v) is 9.66. The molecule has 1 amide bonds. The highest BCUT2D eigenvalue weighted by Gasteiger charge is 2.75. The molecule has 0 spiro atoms. The fraction of sp³-hybridized carbons (Fsp3) is 0.500.